The van der Waals surface area contributed by atoms with Crippen molar-refractivity contribution in [2.24, 2.45) is 9.98 Å². The third-order valence-electron chi connectivity index (χ3n) is 2.03. The van der Waals surface area contributed by atoms with Gasteiger partial charge < -0.3 is 4.98 Å². The number of rotatable bonds is 2. The molecule has 0 spiro atoms. The van der Waals surface area contributed by atoms with Crippen molar-refractivity contribution in [2.45, 2.75) is 27.7 Å². The molecule has 0 aliphatic carbocycles. The summed E-state index contributed by atoms with van der Waals surface area (Å²) in [5, 5.41) is 0. The summed E-state index contributed by atoms with van der Waals surface area (Å²) in [4.78, 5) is 33.5. The SMILES string of the molecule is CC(=O)N=C(C)c1ccc(C(C)=NC(C)=O)[n-]1.[Cl][Fe+][Cl]. The number of amides is 2. The number of aliphatic imine (C=N–C) groups is 2. The molecule has 2 amide bonds. The molecule has 0 aliphatic rings. The molecule has 0 aromatic carbocycles. The van der Waals surface area contributed by atoms with E-state index in [4.69, 9.17) is 20.2 Å². The van der Waals surface area contributed by atoms with E-state index in [-0.39, 0.29) is 24.9 Å². The van der Waals surface area contributed by atoms with Gasteiger partial charge in [0, 0.05) is 25.3 Å². The van der Waals surface area contributed by atoms with Crippen LogP contribution in [0, 0.1) is 0 Å². The third-order valence-corrected chi connectivity index (χ3v) is 2.03. The topological polar surface area (TPSA) is 73.0 Å². The number of hydrogen-bond acceptors (Lipinski definition) is 2. The van der Waals surface area contributed by atoms with Crippen LogP contribution in [-0.4, -0.2) is 23.2 Å². The van der Waals surface area contributed by atoms with Crippen LogP contribution in [0.25, 0.3) is 0 Å². The predicted molar refractivity (Wildman–Crippen MR) is 77.3 cm³/mol. The standard InChI is InChI=1S/C12H15N3O2.2ClH.Fe/c1-7(13-9(3)16)11-5-6-12(15-11)8(2)14-10(4)17;;;/h5-6H,1-4H3,(H,13,14,15,16,17);2*1H;/q;;;+3/p-3. The van der Waals surface area contributed by atoms with E-state index in [2.05, 4.69) is 15.0 Å². The van der Waals surface area contributed by atoms with Gasteiger partial charge in [-0.25, -0.2) is 9.98 Å². The van der Waals surface area contributed by atoms with E-state index in [1.54, 1.807) is 26.0 Å². The van der Waals surface area contributed by atoms with E-state index in [1.165, 1.54) is 13.8 Å². The molecule has 111 valence electrons. The summed E-state index contributed by atoms with van der Waals surface area (Å²) in [6.45, 7) is 6.20. The van der Waals surface area contributed by atoms with Crippen LogP contribution >= 0.6 is 20.2 Å². The molecule has 1 aromatic heterocycles. The number of nitrogens with zero attached hydrogens (tertiary/aromatic N) is 3. The van der Waals surface area contributed by atoms with Crippen molar-refractivity contribution in [1.82, 2.24) is 4.98 Å². The van der Waals surface area contributed by atoms with Crippen LogP contribution in [0.1, 0.15) is 39.1 Å². The first-order chi connectivity index (χ1) is 9.31. The average molecular weight is 359 g/mol. The molecule has 0 fully saturated rings. The van der Waals surface area contributed by atoms with Gasteiger partial charge in [-0.2, -0.15) is 0 Å². The quantitative estimate of drug-likeness (QED) is 0.602. The van der Waals surface area contributed by atoms with Gasteiger partial charge in [0.05, 0.1) is 0 Å². The average Bonchev–Trinajstić information content (AvgIpc) is 2.77. The van der Waals surface area contributed by atoms with Crippen molar-refractivity contribution >= 4 is 43.4 Å². The van der Waals surface area contributed by atoms with Gasteiger partial charge in [0.15, 0.2) is 0 Å². The molecule has 0 unspecified atom stereocenters. The Morgan fingerprint density at radius 2 is 1.25 bits per heavy atom. The molecule has 8 heteroatoms. The first-order valence-electron chi connectivity index (χ1n) is 5.43. The molecule has 0 radical (unpaired) electrons. The summed E-state index contributed by atoms with van der Waals surface area (Å²) < 4.78 is 0. The molecule has 0 atom stereocenters. The van der Waals surface area contributed by atoms with Gasteiger partial charge in [0.2, 0.25) is 11.8 Å². The Labute approximate surface area is 132 Å². The maximum absolute atomic E-state index is 10.8. The molecule has 1 rings (SSSR count). The third kappa shape index (κ3) is 7.60. The van der Waals surface area contributed by atoms with E-state index >= 15 is 0 Å². The summed E-state index contributed by atoms with van der Waals surface area (Å²) in [7, 11) is 9.53. The van der Waals surface area contributed by atoms with Gasteiger partial charge in [0.25, 0.3) is 0 Å². The fourth-order valence-corrected chi connectivity index (χ4v) is 1.35. The molecule has 0 saturated heterocycles. The predicted octanol–water partition coefficient (Wildman–Crippen LogP) is 2.73. The van der Waals surface area contributed by atoms with Gasteiger partial charge in [-0.3, -0.25) is 9.59 Å². The van der Waals surface area contributed by atoms with Gasteiger partial charge in [-0.15, -0.1) is 11.4 Å². The fourth-order valence-electron chi connectivity index (χ4n) is 1.35. The van der Waals surface area contributed by atoms with Crippen LogP contribution < -0.4 is 4.98 Å². The molecule has 20 heavy (non-hydrogen) atoms. The van der Waals surface area contributed by atoms with Crippen LogP contribution in [0.5, 0.6) is 0 Å². The van der Waals surface area contributed by atoms with Crippen LogP contribution in [-0.2, 0) is 22.7 Å². The van der Waals surface area contributed by atoms with Crippen molar-refractivity contribution in [1.29, 1.82) is 0 Å². The molecule has 0 bridgehead atoms. The van der Waals surface area contributed by atoms with E-state index in [1.807, 2.05) is 0 Å². The monoisotopic (exact) mass is 358 g/mol. The van der Waals surface area contributed by atoms with Gasteiger partial charge >= 0.3 is 33.3 Å². The number of carbonyl (C=O) groups excluding carboxylic acids is 2. The Hall–Kier alpha value is -0.941. The summed E-state index contributed by atoms with van der Waals surface area (Å²) in [6, 6.07) is 3.49. The van der Waals surface area contributed by atoms with E-state index < -0.39 is 0 Å². The zero-order valence-corrected chi connectivity index (χ0v) is 14.0. The minimum atomic E-state index is -0.263. The number of carbonyl (C=O) groups is 2. The van der Waals surface area contributed by atoms with Crippen molar-refractivity contribution in [2.75, 3.05) is 0 Å². The number of aromatic nitrogens is 1. The van der Waals surface area contributed by atoms with Crippen LogP contribution in [0.3, 0.4) is 0 Å². The second-order valence-corrected chi connectivity index (χ2v) is 5.52. The van der Waals surface area contributed by atoms with Crippen LogP contribution in [0.15, 0.2) is 22.1 Å². The molecular weight excluding hydrogens is 345 g/mol. The normalized spacial score (nSPS) is 11.7. The number of halogens is 2. The zero-order chi connectivity index (χ0) is 15.7. The van der Waals surface area contributed by atoms with Crippen LogP contribution in [0.4, 0.5) is 0 Å². The summed E-state index contributed by atoms with van der Waals surface area (Å²) in [6.07, 6.45) is 0. The Kier molecular flexibility index (Phi) is 9.42. The molecule has 1 aromatic rings. The fraction of sp³-hybridized carbons (Fsp3) is 0.333. The first-order valence-corrected chi connectivity index (χ1v) is 8.47. The van der Waals surface area contributed by atoms with Gasteiger partial charge in [-0.1, -0.05) is 12.1 Å². The van der Waals surface area contributed by atoms with E-state index in [9.17, 15) is 9.59 Å². The van der Waals surface area contributed by atoms with Gasteiger partial charge in [-0.05, 0) is 13.8 Å². The Morgan fingerprint density at radius 3 is 1.50 bits per heavy atom. The minimum absolute atomic E-state index is 0.194. The summed E-state index contributed by atoms with van der Waals surface area (Å²) in [5.74, 6) is -0.526. The molecule has 0 saturated carbocycles. The second-order valence-electron chi connectivity index (χ2n) is 3.70. The summed E-state index contributed by atoms with van der Waals surface area (Å²) in [5.41, 5.74) is 2.35. The Bertz CT molecular complexity index is 494. The molecular formula is C12H14Cl2FeN3O2. The van der Waals surface area contributed by atoms with Crippen LogP contribution in [0.2, 0.25) is 0 Å². The van der Waals surface area contributed by atoms with Crippen molar-refractivity contribution < 1.29 is 22.7 Å². The molecule has 0 N–H and O–H groups in total. The second kappa shape index (κ2) is 9.88. The van der Waals surface area contributed by atoms with E-state index in [0.29, 0.717) is 22.8 Å². The molecule has 1 heterocycles. The van der Waals surface area contributed by atoms with Crippen molar-refractivity contribution in [3.63, 3.8) is 0 Å². The van der Waals surface area contributed by atoms with Crippen molar-refractivity contribution in [3.8, 4) is 0 Å². The Morgan fingerprint density at radius 1 is 0.950 bits per heavy atom. The van der Waals surface area contributed by atoms with Gasteiger partial charge in [0.1, 0.15) is 0 Å². The maximum atomic E-state index is 10.8. The Balaban J connectivity index is 0.00000110. The summed E-state index contributed by atoms with van der Waals surface area (Å²) >= 11 is 0.194. The zero-order valence-electron chi connectivity index (χ0n) is 11.4. The number of hydrogen-bond donors (Lipinski definition) is 0. The van der Waals surface area contributed by atoms with Crippen molar-refractivity contribution in [3.05, 3.63) is 23.5 Å². The molecule has 0 aliphatic heterocycles. The molecule has 5 nitrogen and oxygen atoms in total. The van der Waals surface area contributed by atoms with E-state index in [0.717, 1.165) is 0 Å². The first kappa shape index (κ1) is 19.1.